The van der Waals surface area contributed by atoms with E-state index in [1.54, 1.807) is 0 Å². The minimum absolute atomic E-state index is 0.0813. The Hall–Kier alpha value is -0.0400. The molecule has 3 unspecified atom stereocenters. The third-order valence-corrected chi connectivity index (χ3v) is 4.05. The maximum atomic E-state index is 6.29. The van der Waals surface area contributed by atoms with E-state index in [9.17, 15) is 0 Å². The van der Waals surface area contributed by atoms with Crippen LogP contribution in [0.5, 0.6) is 0 Å². The van der Waals surface area contributed by atoms with E-state index in [4.69, 9.17) is 4.74 Å². The maximum absolute atomic E-state index is 6.29. The predicted molar refractivity (Wildman–Crippen MR) is 61.4 cm³/mol. The van der Waals surface area contributed by atoms with Crippen molar-refractivity contribution in [1.82, 2.24) is 0 Å². The molecular formula is C13H26O. The van der Waals surface area contributed by atoms with Gasteiger partial charge >= 0.3 is 0 Å². The summed E-state index contributed by atoms with van der Waals surface area (Å²) >= 11 is 0. The minimum Gasteiger partial charge on any atom is -0.371 e. The summed E-state index contributed by atoms with van der Waals surface area (Å²) in [6.45, 7) is 16.0. The molecule has 0 aliphatic carbocycles. The van der Waals surface area contributed by atoms with Crippen molar-refractivity contribution >= 4 is 0 Å². The van der Waals surface area contributed by atoms with Crippen molar-refractivity contribution < 1.29 is 4.74 Å². The highest BCUT2D eigenvalue weighted by atomic mass is 16.5. The summed E-state index contributed by atoms with van der Waals surface area (Å²) in [5.41, 5.74) is 0.360. The van der Waals surface area contributed by atoms with Gasteiger partial charge in [0, 0.05) is 0 Å². The molecule has 1 nitrogen and oxygen atoms in total. The Labute approximate surface area is 89.2 Å². The number of hydrogen-bond donors (Lipinski definition) is 0. The third-order valence-electron chi connectivity index (χ3n) is 4.05. The lowest BCUT2D eigenvalue weighted by atomic mass is 9.79. The Balaban J connectivity index is 2.79. The van der Waals surface area contributed by atoms with Crippen molar-refractivity contribution in [1.29, 1.82) is 0 Å². The summed E-state index contributed by atoms with van der Waals surface area (Å²) in [6, 6.07) is 0. The minimum atomic E-state index is 0.0813. The molecule has 1 rings (SSSR count). The van der Waals surface area contributed by atoms with Crippen LogP contribution in [0.15, 0.2) is 0 Å². The largest absolute Gasteiger partial charge is 0.371 e. The van der Waals surface area contributed by atoms with Crippen LogP contribution in [0.1, 0.15) is 54.9 Å². The molecule has 0 aromatic rings. The van der Waals surface area contributed by atoms with Crippen molar-refractivity contribution in [3.63, 3.8) is 0 Å². The molecule has 0 aromatic heterocycles. The van der Waals surface area contributed by atoms with E-state index in [1.165, 1.54) is 6.42 Å². The highest BCUT2D eigenvalue weighted by molar-refractivity contribution is 4.96. The van der Waals surface area contributed by atoms with Gasteiger partial charge in [0.1, 0.15) is 0 Å². The Morgan fingerprint density at radius 2 is 1.79 bits per heavy atom. The summed E-state index contributed by atoms with van der Waals surface area (Å²) in [5, 5.41) is 0. The first-order valence-electron chi connectivity index (χ1n) is 5.85. The Bertz CT molecular complexity index is 202. The average Bonchev–Trinajstić information content (AvgIpc) is 2.28. The quantitative estimate of drug-likeness (QED) is 0.621. The van der Waals surface area contributed by atoms with Crippen molar-refractivity contribution in [2.45, 2.75) is 66.6 Å². The Morgan fingerprint density at radius 1 is 1.29 bits per heavy atom. The molecule has 0 radical (unpaired) electrons. The molecule has 1 aliphatic rings. The van der Waals surface area contributed by atoms with E-state index in [2.05, 4.69) is 48.5 Å². The average molecular weight is 198 g/mol. The van der Waals surface area contributed by atoms with E-state index < -0.39 is 0 Å². The van der Waals surface area contributed by atoms with Crippen LogP contribution in [0, 0.1) is 17.3 Å². The zero-order valence-corrected chi connectivity index (χ0v) is 10.8. The summed E-state index contributed by atoms with van der Waals surface area (Å²) in [7, 11) is 0. The first-order valence-corrected chi connectivity index (χ1v) is 5.85. The molecule has 0 bridgehead atoms. The lowest BCUT2D eigenvalue weighted by Crippen LogP contribution is -2.38. The molecule has 1 heterocycles. The van der Waals surface area contributed by atoms with E-state index in [-0.39, 0.29) is 11.0 Å². The van der Waals surface area contributed by atoms with Crippen molar-refractivity contribution in [2.75, 3.05) is 0 Å². The van der Waals surface area contributed by atoms with Crippen LogP contribution in [-0.2, 0) is 4.74 Å². The molecule has 0 saturated carbocycles. The third kappa shape index (κ3) is 1.98. The van der Waals surface area contributed by atoms with Gasteiger partial charge in [0.25, 0.3) is 0 Å². The van der Waals surface area contributed by atoms with E-state index in [1.807, 2.05) is 0 Å². The molecule has 0 spiro atoms. The standard InChI is InChI=1S/C13H26O/c1-9(2)13(7)10(3)8-11(14-13)12(4,5)6/h9-11H,8H2,1-7H3. The van der Waals surface area contributed by atoms with Crippen LogP contribution in [-0.4, -0.2) is 11.7 Å². The normalized spacial score (nSPS) is 39.4. The fourth-order valence-corrected chi connectivity index (χ4v) is 2.26. The molecule has 1 saturated heterocycles. The van der Waals surface area contributed by atoms with Crippen molar-refractivity contribution in [3.05, 3.63) is 0 Å². The smallest absolute Gasteiger partial charge is 0.0707 e. The SMILES string of the molecule is CC(C)C1(C)OC(C(C)(C)C)CC1C. The number of ether oxygens (including phenoxy) is 1. The van der Waals surface area contributed by atoms with Gasteiger partial charge in [-0.05, 0) is 30.6 Å². The second-order valence-corrected chi connectivity index (χ2v) is 6.45. The number of hydrogen-bond acceptors (Lipinski definition) is 1. The van der Waals surface area contributed by atoms with Crippen LogP contribution in [0.2, 0.25) is 0 Å². The molecule has 0 N–H and O–H groups in total. The van der Waals surface area contributed by atoms with Gasteiger partial charge in [-0.1, -0.05) is 41.5 Å². The van der Waals surface area contributed by atoms with Gasteiger partial charge in [-0.25, -0.2) is 0 Å². The van der Waals surface area contributed by atoms with Crippen LogP contribution in [0.3, 0.4) is 0 Å². The first-order chi connectivity index (χ1) is 6.18. The van der Waals surface area contributed by atoms with Crippen LogP contribution < -0.4 is 0 Å². The van der Waals surface area contributed by atoms with Crippen molar-refractivity contribution in [2.24, 2.45) is 17.3 Å². The van der Waals surface area contributed by atoms with Gasteiger partial charge in [0.15, 0.2) is 0 Å². The van der Waals surface area contributed by atoms with Crippen LogP contribution in [0.25, 0.3) is 0 Å². The topological polar surface area (TPSA) is 9.23 Å². The summed E-state index contributed by atoms with van der Waals surface area (Å²) in [5.74, 6) is 1.27. The second-order valence-electron chi connectivity index (χ2n) is 6.45. The molecule has 3 atom stereocenters. The lowest BCUT2D eigenvalue weighted by molar-refractivity contribution is -0.104. The van der Waals surface area contributed by atoms with Gasteiger partial charge in [-0.2, -0.15) is 0 Å². The Morgan fingerprint density at radius 3 is 2.00 bits per heavy atom. The fourth-order valence-electron chi connectivity index (χ4n) is 2.26. The highest BCUT2D eigenvalue weighted by Gasteiger charge is 2.47. The van der Waals surface area contributed by atoms with Crippen molar-refractivity contribution in [3.8, 4) is 0 Å². The predicted octanol–water partition coefficient (Wildman–Crippen LogP) is 3.87. The van der Waals surface area contributed by atoms with Gasteiger partial charge in [-0.3, -0.25) is 0 Å². The monoisotopic (exact) mass is 198 g/mol. The van der Waals surface area contributed by atoms with E-state index >= 15 is 0 Å². The van der Waals surface area contributed by atoms with E-state index in [0.29, 0.717) is 17.9 Å². The lowest BCUT2D eigenvalue weighted by Gasteiger charge is -2.35. The van der Waals surface area contributed by atoms with E-state index in [0.717, 1.165) is 0 Å². The summed E-state index contributed by atoms with van der Waals surface area (Å²) < 4.78 is 6.29. The molecule has 84 valence electrons. The fraction of sp³-hybridized carbons (Fsp3) is 1.00. The highest BCUT2D eigenvalue weighted by Crippen LogP contribution is 2.45. The molecule has 1 aliphatic heterocycles. The zero-order chi connectivity index (χ0) is 11.1. The first kappa shape index (κ1) is 12.0. The van der Waals surface area contributed by atoms with Crippen LogP contribution >= 0.6 is 0 Å². The molecule has 1 heteroatoms. The van der Waals surface area contributed by atoms with Gasteiger partial charge in [0.05, 0.1) is 11.7 Å². The van der Waals surface area contributed by atoms with Crippen LogP contribution in [0.4, 0.5) is 0 Å². The Kier molecular flexibility index (Phi) is 3.02. The molecule has 0 amide bonds. The van der Waals surface area contributed by atoms with Gasteiger partial charge in [-0.15, -0.1) is 0 Å². The molecule has 14 heavy (non-hydrogen) atoms. The van der Waals surface area contributed by atoms with Gasteiger partial charge in [0.2, 0.25) is 0 Å². The molecular weight excluding hydrogens is 172 g/mol. The molecule has 0 aromatic carbocycles. The van der Waals surface area contributed by atoms with Gasteiger partial charge < -0.3 is 4.74 Å². The maximum Gasteiger partial charge on any atom is 0.0707 e. The second kappa shape index (κ2) is 3.52. The number of rotatable bonds is 1. The molecule has 1 fully saturated rings. The summed E-state index contributed by atoms with van der Waals surface area (Å²) in [6.07, 6.45) is 1.63. The zero-order valence-electron chi connectivity index (χ0n) is 10.8. The summed E-state index contributed by atoms with van der Waals surface area (Å²) in [4.78, 5) is 0.